The van der Waals surface area contributed by atoms with E-state index in [-0.39, 0.29) is 5.75 Å². The van der Waals surface area contributed by atoms with E-state index >= 15 is 0 Å². The minimum absolute atomic E-state index is 0.204. The summed E-state index contributed by atoms with van der Waals surface area (Å²) in [5, 5.41) is 18.3. The Morgan fingerprint density at radius 2 is 2.17 bits per heavy atom. The van der Waals surface area contributed by atoms with Crippen molar-refractivity contribution in [1.82, 2.24) is 19.5 Å². The van der Waals surface area contributed by atoms with Crippen molar-refractivity contribution in [3.8, 4) is 17.0 Å². The quantitative estimate of drug-likeness (QED) is 0.620. The molecule has 4 heterocycles. The van der Waals surface area contributed by atoms with E-state index in [0.29, 0.717) is 28.3 Å². The number of rotatable bonds is 5. The lowest BCUT2D eigenvalue weighted by Gasteiger charge is -2.36. The molecule has 2 fully saturated rings. The summed E-state index contributed by atoms with van der Waals surface area (Å²) in [6.07, 6.45) is 5.46. The monoisotopic (exact) mass is 419 g/mol. The summed E-state index contributed by atoms with van der Waals surface area (Å²) < 4.78 is 1.76. The molecular formula is C22H26BN5OS. The van der Waals surface area contributed by atoms with Gasteiger partial charge >= 0.3 is 0 Å². The van der Waals surface area contributed by atoms with Gasteiger partial charge in [-0.1, -0.05) is 12.1 Å². The van der Waals surface area contributed by atoms with E-state index in [1.54, 1.807) is 22.8 Å². The first kappa shape index (κ1) is 19.8. The number of hydrogen-bond donors (Lipinski definition) is 2. The van der Waals surface area contributed by atoms with Crippen LogP contribution in [0.25, 0.3) is 16.9 Å². The van der Waals surface area contributed by atoms with Crippen molar-refractivity contribution < 1.29 is 5.11 Å². The van der Waals surface area contributed by atoms with Crippen molar-refractivity contribution in [3.63, 3.8) is 0 Å². The van der Waals surface area contributed by atoms with E-state index in [1.807, 2.05) is 18.2 Å². The van der Waals surface area contributed by atoms with Gasteiger partial charge in [0.05, 0.1) is 5.69 Å². The van der Waals surface area contributed by atoms with Crippen LogP contribution in [0, 0.1) is 5.92 Å². The standard InChI is InChI=1S/C22H26BN5OS/c23-18-12-25-28-21(10-19(26-22(18)28)17-5-1-2-6-20(17)29)24-11-15-4-3-8-27(13-15)16-7-9-30-14-16/h1-2,5-6,10,12,15-16,24,29H,3-4,7-9,11,13-14H2. The molecule has 0 saturated carbocycles. The number of aromatic nitrogens is 3. The Morgan fingerprint density at radius 1 is 1.27 bits per heavy atom. The predicted octanol–water partition coefficient (Wildman–Crippen LogP) is 2.53. The van der Waals surface area contributed by atoms with Crippen LogP contribution >= 0.6 is 11.8 Å². The molecule has 0 spiro atoms. The first-order valence-corrected chi connectivity index (χ1v) is 11.8. The van der Waals surface area contributed by atoms with E-state index in [1.165, 1.54) is 37.3 Å². The molecule has 2 aliphatic heterocycles. The van der Waals surface area contributed by atoms with E-state index in [2.05, 4.69) is 32.1 Å². The summed E-state index contributed by atoms with van der Waals surface area (Å²) in [7, 11) is 6.11. The summed E-state index contributed by atoms with van der Waals surface area (Å²) in [5.74, 6) is 4.24. The van der Waals surface area contributed by atoms with Gasteiger partial charge in [-0.05, 0) is 55.1 Å². The smallest absolute Gasteiger partial charge is 0.150 e. The molecule has 6 nitrogen and oxygen atoms in total. The molecule has 2 N–H and O–H groups in total. The van der Waals surface area contributed by atoms with Crippen molar-refractivity contribution in [3.05, 3.63) is 36.5 Å². The Balaban J connectivity index is 1.38. The van der Waals surface area contributed by atoms with Crippen LogP contribution in [0.5, 0.6) is 5.75 Å². The Kier molecular flexibility index (Phi) is 5.61. The predicted molar refractivity (Wildman–Crippen MR) is 124 cm³/mol. The highest BCUT2D eigenvalue weighted by Gasteiger charge is 2.28. The first-order valence-electron chi connectivity index (χ1n) is 10.7. The summed E-state index contributed by atoms with van der Waals surface area (Å²) in [6.45, 7) is 3.27. The van der Waals surface area contributed by atoms with E-state index in [4.69, 9.17) is 7.85 Å². The topological polar surface area (TPSA) is 65.7 Å². The lowest BCUT2D eigenvalue weighted by atomic mass is 9.96. The van der Waals surface area contributed by atoms with E-state index in [9.17, 15) is 5.11 Å². The number of anilines is 1. The van der Waals surface area contributed by atoms with Crippen LogP contribution in [0.2, 0.25) is 0 Å². The average Bonchev–Trinajstić information content (AvgIpc) is 3.43. The maximum absolute atomic E-state index is 10.3. The lowest BCUT2D eigenvalue weighted by molar-refractivity contribution is 0.139. The summed E-state index contributed by atoms with van der Waals surface area (Å²) in [4.78, 5) is 7.34. The Labute approximate surface area is 182 Å². The van der Waals surface area contributed by atoms with Crippen molar-refractivity contribution in [2.45, 2.75) is 25.3 Å². The van der Waals surface area contributed by atoms with Gasteiger partial charge in [0.1, 0.15) is 19.4 Å². The van der Waals surface area contributed by atoms with Crippen LogP contribution in [-0.2, 0) is 0 Å². The second kappa shape index (κ2) is 8.51. The molecule has 0 amide bonds. The number of nitrogens with one attached hydrogen (secondary N) is 1. The van der Waals surface area contributed by atoms with Crippen molar-refractivity contribution in [2.24, 2.45) is 5.92 Å². The molecule has 3 aromatic rings. The highest BCUT2D eigenvalue weighted by Crippen LogP contribution is 2.30. The van der Waals surface area contributed by atoms with E-state index in [0.717, 1.165) is 24.9 Å². The maximum Gasteiger partial charge on any atom is 0.150 e. The third kappa shape index (κ3) is 3.90. The number of piperidine rings is 1. The van der Waals surface area contributed by atoms with Gasteiger partial charge in [0.25, 0.3) is 0 Å². The molecule has 0 bridgehead atoms. The molecule has 5 rings (SSSR count). The van der Waals surface area contributed by atoms with Gasteiger partial charge in [-0.2, -0.15) is 21.4 Å². The number of fused-ring (bicyclic) bond motifs is 1. The molecule has 2 aliphatic rings. The first-order chi connectivity index (χ1) is 14.7. The number of phenolic OH excluding ortho intramolecular Hbond substituents is 1. The van der Waals surface area contributed by atoms with Crippen molar-refractivity contribution in [1.29, 1.82) is 0 Å². The number of aromatic hydroxyl groups is 1. The zero-order valence-corrected chi connectivity index (χ0v) is 17.8. The van der Waals surface area contributed by atoms with Crippen molar-refractivity contribution in [2.75, 3.05) is 36.5 Å². The van der Waals surface area contributed by atoms with Crippen molar-refractivity contribution >= 4 is 36.5 Å². The highest BCUT2D eigenvalue weighted by atomic mass is 32.2. The van der Waals surface area contributed by atoms with E-state index < -0.39 is 0 Å². The highest BCUT2D eigenvalue weighted by molar-refractivity contribution is 7.99. The summed E-state index contributed by atoms with van der Waals surface area (Å²) in [6, 6.07) is 9.94. The third-order valence-corrected chi connectivity index (χ3v) is 7.37. The second-order valence-corrected chi connectivity index (χ2v) is 9.43. The zero-order chi connectivity index (χ0) is 20.5. The van der Waals surface area contributed by atoms with Gasteiger partial charge in [0, 0.05) is 42.7 Å². The SMILES string of the molecule is [B]c1cnn2c(NCC3CCCN(C4CCSC4)C3)cc(-c3ccccc3O)nc12. The molecule has 8 heteroatoms. The Bertz CT molecular complexity index is 1040. The van der Waals surface area contributed by atoms with Gasteiger partial charge in [-0.25, -0.2) is 4.98 Å². The van der Waals surface area contributed by atoms with Crippen LogP contribution in [0.1, 0.15) is 19.3 Å². The number of phenols is 1. The van der Waals surface area contributed by atoms with Crippen LogP contribution in [0.3, 0.4) is 0 Å². The summed E-state index contributed by atoms with van der Waals surface area (Å²) >= 11 is 2.08. The summed E-state index contributed by atoms with van der Waals surface area (Å²) in [5.41, 5.74) is 2.50. The molecule has 0 aliphatic carbocycles. The molecule has 2 atom stereocenters. The maximum atomic E-state index is 10.3. The Hall–Kier alpha value is -2.19. The number of benzene rings is 1. The normalized spacial score (nSPS) is 22.5. The fourth-order valence-corrected chi connectivity index (χ4v) is 5.84. The third-order valence-electron chi connectivity index (χ3n) is 6.22. The fourth-order valence-electron chi connectivity index (χ4n) is 4.59. The molecule has 1 aromatic carbocycles. The molecular weight excluding hydrogens is 393 g/mol. The molecule has 2 radical (unpaired) electrons. The van der Waals surface area contributed by atoms with Gasteiger partial charge in [-0.3, -0.25) is 4.90 Å². The minimum Gasteiger partial charge on any atom is -0.507 e. The number of thioether (sulfide) groups is 1. The van der Waals surface area contributed by atoms with Gasteiger partial charge in [0.15, 0.2) is 5.65 Å². The van der Waals surface area contributed by atoms with Crippen LogP contribution < -0.4 is 10.8 Å². The number of para-hydroxylation sites is 1. The minimum atomic E-state index is 0.204. The molecule has 2 unspecified atom stereocenters. The van der Waals surface area contributed by atoms with Crippen LogP contribution in [0.4, 0.5) is 5.82 Å². The van der Waals surface area contributed by atoms with Gasteiger partial charge < -0.3 is 10.4 Å². The average molecular weight is 419 g/mol. The second-order valence-electron chi connectivity index (χ2n) is 8.28. The zero-order valence-electron chi connectivity index (χ0n) is 17.0. The molecule has 154 valence electrons. The van der Waals surface area contributed by atoms with Crippen LogP contribution in [-0.4, -0.2) is 69.6 Å². The number of nitrogens with zero attached hydrogens (tertiary/aromatic N) is 4. The fraction of sp³-hybridized carbons (Fsp3) is 0.455. The molecule has 2 aromatic heterocycles. The van der Waals surface area contributed by atoms with Gasteiger partial charge in [0.2, 0.25) is 0 Å². The largest absolute Gasteiger partial charge is 0.507 e. The van der Waals surface area contributed by atoms with Gasteiger partial charge in [-0.15, -0.1) is 0 Å². The Morgan fingerprint density at radius 3 is 3.00 bits per heavy atom. The molecule has 2 saturated heterocycles. The molecule has 30 heavy (non-hydrogen) atoms. The number of likely N-dealkylation sites (tertiary alicyclic amines) is 1. The van der Waals surface area contributed by atoms with Crippen LogP contribution in [0.15, 0.2) is 36.5 Å². The number of hydrogen-bond acceptors (Lipinski definition) is 6. The lowest BCUT2D eigenvalue weighted by Crippen LogP contribution is -2.44.